The van der Waals surface area contributed by atoms with Crippen LogP contribution in [0.1, 0.15) is 11.1 Å². The van der Waals surface area contributed by atoms with E-state index in [1.165, 1.54) is 23.7 Å². The number of carbonyl (C=O) groups excluding carboxylic acids is 1. The lowest BCUT2D eigenvalue weighted by Gasteiger charge is -2.09. The zero-order valence-electron chi connectivity index (χ0n) is 12.7. The highest BCUT2D eigenvalue weighted by Gasteiger charge is 2.29. The second-order valence-electron chi connectivity index (χ2n) is 5.26. The standard InChI is InChI=1S/C16H13F3N4OS/c17-16(18,19)10-6-4-9(5-7-10)8-21-15(24)22-14-11-2-1-3-12(20)13(11)25-23-14/h1-7H,8,20H2,(H2,21,22,23,24). The van der Waals surface area contributed by atoms with Crippen molar-refractivity contribution >= 4 is 39.2 Å². The van der Waals surface area contributed by atoms with Gasteiger partial charge in [0.25, 0.3) is 0 Å². The number of nitrogens with one attached hydrogen (secondary N) is 2. The van der Waals surface area contributed by atoms with Crippen LogP contribution in [0.3, 0.4) is 0 Å². The summed E-state index contributed by atoms with van der Waals surface area (Å²) < 4.78 is 42.5. The van der Waals surface area contributed by atoms with Gasteiger partial charge in [-0.3, -0.25) is 5.32 Å². The Kier molecular flexibility index (Phi) is 4.49. The molecule has 0 atom stereocenters. The van der Waals surface area contributed by atoms with E-state index in [9.17, 15) is 18.0 Å². The maximum absolute atomic E-state index is 12.5. The molecule has 0 aliphatic rings. The predicted molar refractivity (Wildman–Crippen MR) is 91.3 cm³/mol. The molecular weight excluding hydrogens is 353 g/mol. The van der Waals surface area contributed by atoms with Crippen molar-refractivity contribution in [2.24, 2.45) is 0 Å². The minimum atomic E-state index is -4.38. The fraction of sp³-hybridized carbons (Fsp3) is 0.125. The molecule has 2 amide bonds. The highest BCUT2D eigenvalue weighted by Crippen LogP contribution is 2.31. The normalized spacial score (nSPS) is 11.5. The molecule has 3 rings (SSSR count). The molecule has 0 fully saturated rings. The van der Waals surface area contributed by atoms with Gasteiger partial charge in [-0.1, -0.05) is 18.2 Å². The molecule has 130 valence electrons. The molecule has 0 aliphatic heterocycles. The Balaban J connectivity index is 1.62. The minimum absolute atomic E-state index is 0.0914. The van der Waals surface area contributed by atoms with Crippen molar-refractivity contribution in [1.29, 1.82) is 0 Å². The number of alkyl halides is 3. The monoisotopic (exact) mass is 366 g/mol. The largest absolute Gasteiger partial charge is 0.416 e. The second-order valence-corrected chi connectivity index (χ2v) is 6.03. The lowest BCUT2D eigenvalue weighted by Crippen LogP contribution is -2.28. The summed E-state index contributed by atoms with van der Waals surface area (Å²) in [6, 6.07) is 9.39. The van der Waals surface area contributed by atoms with Gasteiger partial charge in [0.05, 0.1) is 16.0 Å². The number of fused-ring (bicyclic) bond motifs is 1. The summed E-state index contributed by atoms with van der Waals surface area (Å²) >= 11 is 1.18. The number of amides is 2. The smallest absolute Gasteiger partial charge is 0.398 e. The lowest BCUT2D eigenvalue weighted by molar-refractivity contribution is -0.137. The summed E-state index contributed by atoms with van der Waals surface area (Å²) in [6.07, 6.45) is -4.38. The summed E-state index contributed by atoms with van der Waals surface area (Å²) in [7, 11) is 0. The van der Waals surface area contributed by atoms with E-state index >= 15 is 0 Å². The number of rotatable bonds is 3. The summed E-state index contributed by atoms with van der Waals surface area (Å²) in [5.41, 5.74) is 6.24. The number of aromatic nitrogens is 1. The van der Waals surface area contributed by atoms with Crippen LogP contribution < -0.4 is 16.4 Å². The first-order valence-corrected chi connectivity index (χ1v) is 7.97. The van der Waals surface area contributed by atoms with Crippen molar-refractivity contribution in [3.05, 3.63) is 53.6 Å². The first-order chi connectivity index (χ1) is 11.8. The van der Waals surface area contributed by atoms with Crippen LogP contribution in [0.4, 0.5) is 29.5 Å². The number of urea groups is 1. The molecule has 0 bridgehead atoms. The summed E-state index contributed by atoms with van der Waals surface area (Å²) in [5.74, 6) is 0.386. The van der Waals surface area contributed by atoms with Crippen molar-refractivity contribution < 1.29 is 18.0 Å². The number of benzene rings is 2. The molecule has 0 saturated carbocycles. The third-order valence-corrected chi connectivity index (χ3v) is 4.41. The van der Waals surface area contributed by atoms with Gasteiger partial charge in [0.1, 0.15) is 0 Å². The summed E-state index contributed by atoms with van der Waals surface area (Å²) in [4.78, 5) is 12.0. The second kappa shape index (κ2) is 6.60. The van der Waals surface area contributed by atoms with Crippen LogP contribution in [0.5, 0.6) is 0 Å². The van der Waals surface area contributed by atoms with Gasteiger partial charge in [-0.2, -0.15) is 17.5 Å². The van der Waals surface area contributed by atoms with E-state index in [1.807, 2.05) is 0 Å². The molecule has 0 unspecified atom stereocenters. The molecule has 1 aromatic heterocycles. The maximum Gasteiger partial charge on any atom is 0.416 e. The first kappa shape index (κ1) is 17.0. The van der Waals surface area contributed by atoms with Gasteiger partial charge >= 0.3 is 12.2 Å². The van der Waals surface area contributed by atoms with Gasteiger partial charge in [0.15, 0.2) is 5.82 Å². The molecule has 2 aromatic carbocycles. The molecule has 0 aliphatic carbocycles. The fourth-order valence-corrected chi connectivity index (χ4v) is 2.98. The molecular formula is C16H13F3N4OS. The Labute approximate surface area is 144 Å². The number of anilines is 2. The Morgan fingerprint density at radius 3 is 2.56 bits per heavy atom. The molecule has 25 heavy (non-hydrogen) atoms. The third-order valence-electron chi connectivity index (χ3n) is 3.50. The van der Waals surface area contributed by atoms with E-state index in [-0.39, 0.29) is 6.54 Å². The number of carbonyl (C=O) groups is 1. The molecule has 1 heterocycles. The predicted octanol–water partition coefficient (Wildman–Crippen LogP) is 4.22. The van der Waals surface area contributed by atoms with Crippen molar-refractivity contribution in [2.45, 2.75) is 12.7 Å². The molecule has 9 heteroatoms. The number of nitrogens with two attached hydrogens (primary N) is 1. The first-order valence-electron chi connectivity index (χ1n) is 7.19. The van der Waals surface area contributed by atoms with Crippen LogP contribution in [-0.2, 0) is 12.7 Å². The van der Waals surface area contributed by atoms with Crippen LogP contribution in [0.2, 0.25) is 0 Å². The molecule has 0 spiro atoms. The number of nitrogens with zero attached hydrogens (tertiary/aromatic N) is 1. The highest BCUT2D eigenvalue weighted by molar-refractivity contribution is 7.14. The van der Waals surface area contributed by atoms with Crippen molar-refractivity contribution in [3.8, 4) is 0 Å². The third kappa shape index (κ3) is 3.82. The van der Waals surface area contributed by atoms with E-state index in [0.29, 0.717) is 17.1 Å². The maximum atomic E-state index is 12.5. The number of nitrogen functional groups attached to an aromatic ring is 1. The van der Waals surface area contributed by atoms with Crippen molar-refractivity contribution in [3.63, 3.8) is 0 Å². The SMILES string of the molecule is Nc1cccc2c(NC(=O)NCc3ccc(C(F)(F)F)cc3)nsc12. The van der Waals surface area contributed by atoms with Crippen LogP contribution in [-0.4, -0.2) is 10.4 Å². The highest BCUT2D eigenvalue weighted by atomic mass is 32.1. The fourth-order valence-electron chi connectivity index (χ4n) is 2.22. The Morgan fingerprint density at radius 2 is 1.88 bits per heavy atom. The molecule has 0 saturated heterocycles. The summed E-state index contributed by atoms with van der Waals surface area (Å²) in [5, 5.41) is 5.92. The van der Waals surface area contributed by atoms with Gasteiger partial charge in [-0.15, -0.1) is 0 Å². The zero-order valence-corrected chi connectivity index (χ0v) is 13.5. The molecule has 5 nitrogen and oxygen atoms in total. The van der Waals surface area contributed by atoms with Gasteiger partial charge < -0.3 is 11.1 Å². The van der Waals surface area contributed by atoms with E-state index in [2.05, 4.69) is 15.0 Å². The quantitative estimate of drug-likeness (QED) is 0.607. The lowest BCUT2D eigenvalue weighted by atomic mass is 10.1. The van der Waals surface area contributed by atoms with E-state index in [0.717, 1.165) is 22.2 Å². The molecule has 4 N–H and O–H groups in total. The number of hydrogen-bond donors (Lipinski definition) is 3. The van der Waals surface area contributed by atoms with Crippen LogP contribution >= 0.6 is 11.5 Å². The topological polar surface area (TPSA) is 80.0 Å². The average molecular weight is 366 g/mol. The van der Waals surface area contributed by atoms with Crippen molar-refractivity contribution in [1.82, 2.24) is 9.69 Å². The van der Waals surface area contributed by atoms with E-state index < -0.39 is 17.8 Å². The minimum Gasteiger partial charge on any atom is -0.398 e. The average Bonchev–Trinajstić information content (AvgIpc) is 2.97. The Morgan fingerprint density at radius 1 is 1.16 bits per heavy atom. The van der Waals surface area contributed by atoms with Gasteiger partial charge in [-0.05, 0) is 41.4 Å². The van der Waals surface area contributed by atoms with E-state index in [4.69, 9.17) is 5.73 Å². The van der Waals surface area contributed by atoms with Gasteiger partial charge in [-0.25, -0.2) is 4.79 Å². The van der Waals surface area contributed by atoms with Gasteiger partial charge in [0.2, 0.25) is 0 Å². The number of hydrogen-bond acceptors (Lipinski definition) is 4. The molecule has 3 aromatic rings. The van der Waals surface area contributed by atoms with Gasteiger partial charge in [0, 0.05) is 11.9 Å². The molecule has 0 radical (unpaired) electrons. The Bertz CT molecular complexity index is 906. The van der Waals surface area contributed by atoms with E-state index in [1.54, 1.807) is 18.2 Å². The van der Waals surface area contributed by atoms with Crippen LogP contribution in [0, 0.1) is 0 Å². The van der Waals surface area contributed by atoms with Crippen molar-refractivity contribution in [2.75, 3.05) is 11.1 Å². The summed E-state index contributed by atoms with van der Waals surface area (Å²) in [6.45, 7) is 0.0914. The number of halogens is 3. The van der Waals surface area contributed by atoms with Crippen LogP contribution in [0.25, 0.3) is 10.1 Å². The van der Waals surface area contributed by atoms with Crippen LogP contribution in [0.15, 0.2) is 42.5 Å². The Hall–Kier alpha value is -2.81. The zero-order chi connectivity index (χ0) is 18.0.